The average molecular weight is 500 g/mol. The zero-order chi connectivity index (χ0) is 24.3. The lowest BCUT2D eigenvalue weighted by atomic mass is 10.1. The number of carbonyl (C=O) groups excluding carboxylic acids is 1. The lowest BCUT2D eigenvalue weighted by molar-refractivity contribution is -0.130. The molecular weight excluding hydrogens is 470 g/mol. The van der Waals surface area contributed by atoms with Crippen LogP contribution in [0, 0.1) is 0 Å². The van der Waals surface area contributed by atoms with Crippen LogP contribution in [-0.4, -0.2) is 58.6 Å². The van der Waals surface area contributed by atoms with Gasteiger partial charge in [0.05, 0.1) is 27.7 Å². The molecule has 0 spiro atoms. The maximum Gasteiger partial charge on any atom is 0.262 e. The maximum atomic E-state index is 13.3. The number of rotatable bonds is 8. The summed E-state index contributed by atoms with van der Waals surface area (Å²) in [6.45, 7) is 2.27. The van der Waals surface area contributed by atoms with E-state index >= 15 is 0 Å². The Morgan fingerprint density at radius 2 is 1.88 bits per heavy atom. The predicted molar refractivity (Wildman–Crippen MR) is 136 cm³/mol. The highest BCUT2D eigenvalue weighted by Gasteiger charge is 2.34. The van der Waals surface area contributed by atoms with Crippen molar-refractivity contribution in [2.75, 3.05) is 18.6 Å². The molecule has 2 heterocycles. The van der Waals surface area contributed by atoms with Crippen LogP contribution in [0.4, 0.5) is 0 Å². The third-order valence-electron chi connectivity index (χ3n) is 6.25. The lowest BCUT2D eigenvalue weighted by Crippen LogP contribution is -2.42. The first-order valence-electron chi connectivity index (χ1n) is 11.4. The first-order valence-corrected chi connectivity index (χ1v) is 14.1. The van der Waals surface area contributed by atoms with E-state index in [1.54, 1.807) is 35.6 Å². The number of carbonyl (C=O) groups is 1. The summed E-state index contributed by atoms with van der Waals surface area (Å²) < 4.78 is 25.4. The second-order valence-corrected chi connectivity index (χ2v) is 12.3. The summed E-state index contributed by atoms with van der Waals surface area (Å²) in [4.78, 5) is 32.7. The van der Waals surface area contributed by atoms with Crippen LogP contribution in [0.5, 0.6) is 0 Å². The van der Waals surface area contributed by atoms with E-state index in [9.17, 15) is 18.0 Å². The first-order chi connectivity index (χ1) is 16.2. The number of para-hydroxylation sites is 1. The van der Waals surface area contributed by atoms with Crippen molar-refractivity contribution in [2.24, 2.45) is 0 Å². The molecule has 4 rings (SSSR count). The average Bonchev–Trinajstić information content (AvgIpc) is 3.20. The highest BCUT2D eigenvalue weighted by molar-refractivity contribution is 8.00. The molecule has 0 radical (unpaired) electrons. The third-order valence-corrected chi connectivity index (χ3v) is 9.08. The molecule has 1 aromatic heterocycles. The number of sulfone groups is 1. The number of fused-ring (bicyclic) bond motifs is 1. The van der Waals surface area contributed by atoms with Crippen LogP contribution in [0.1, 0.15) is 25.3 Å². The van der Waals surface area contributed by atoms with Crippen molar-refractivity contribution >= 4 is 38.4 Å². The van der Waals surface area contributed by atoms with Crippen LogP contribution in [0.2, 0.25) is 0 Å². The summed E-state index contributed by atoms with van der Waals surface area (Å²) in [5.74, 6) is -0.0416. The van der Waals surface area contributed by atoms with Crippen molar-refractivity contribution in [2.45, 2.75) is 49.2 Å². The molecule has 0 saturated carbocycles. The molecule has 1 fully saturated rings. The normalized spacial score (nSPS) is 18.1. The Bertz CT molecular complexity index is 1340. The second-order valence-electron chi connectivity index (χ2n) is 8.72. The quantitative estimate of drug-likeness (QED) is 0.349. The number of nitrogens with zero attached hydrogens (tertiary/aromatic N) is 3. The van der Waals surface area contributed by atoms with Crippen LogP contribution >= 0.6 is 11.8 Å². The molecule has 1 saturated heterocycles. The summed E-state index contributed by atoms with van der Waals surface area (Å²) in [7, 11) is -1.43. The molecule has 0 aliphatic carbocycles. The zero-order valence-electron chi connectivity index (χ0n) is 19.4. The summed E-state index contributed by atoms with van der Waals surface area (Å²) in [5.41, 5.74) is 1.69. The van der Waals surface area contributed by atoms with Gasteiger partial charge in [0, 0.05) is 19.6 Å². The zero-order valence-corrected chi connectivity index (χ0v) is 21.0. The van der Waals surface area contributed by atoms with Crippen LogP contribution in [0.15, 0.2) is 64.5 Å². The molecule has 2 unspecified atom stereocenters. The Balaban J connectivity index is 1.55. The van der Waals surface area contributed by atoms with Crippen molar-refractivity contribution in [3.63, 3.8) is 0 Å². The summed E-state index contributed by atoms with van der Waals surface area (Å²) in [5, 5.41) is 0.547. The molecule has 2 aromatic carbocycles. The van der Waals surface area contributed by atoms with E-state index in [1.165, 1.54) is 17.3 Å². The molecule has 34 heavy (non-hydrogen) atoms. The lowest BCUT2D eigenvalue weighted by Gasteiger charge is -2.26. The number of aromatic nitrogens is 2. The monoisotopic (exact) mass is 499 g/mol. The van der Waals surface area contributed by atoms with Gasteiger partial charge in [0.15, 0.2) is 15.0 Å². The van der Waals surface area contributed by atoms with Crippen molar-refractivity contribution < 1.29 is 13.2 Å². The number of benzene rings is 2. The highest BCUT2D eigenvalue weighted by Crippen LogP contribution is 2.26. The minimum Gasteiger partial charge on any atom is -0.341 e. The molecule has 3 aromatic rings. The standard InChI is InChI=1S/C25H29N3O4S2/c1-18(23(29)27(2)20-14-16-34(31,32)17-20)33-25-26-22-13-7-6-12-21(22)24(30)28(25)15-8-11-19-9-4-3-5-10-19/h3-7,9-10,12-13,18,20H,8,11,14-17H2,1-2H3. The van der Waals surface area contributed by atoms with Crippen LogP contribution in [0.3, 0.4) is 0 Å². The Kier molecular flexibility index (Phi) is 7.42. The van der Waals surface area contributed by atoms with Gasteiger partial charge in [-0.3, -0.25) is 14.2 Å². The molecule has 0 N–H and O–H groups in total. The summed E-state index contributed by atoms with van der Waals surface area (Å²) in [6, 6.07) is 17.0. The fourth-order valence-corrected chi connectivity index (χ4v) is 7.09. The van der Waals surface area contributed by atoms with Crippen molar-refractivity contribution in [3.8, 4) is 0 Å². The van der Waals surface area contributed by atoms with Gasteiger partial charge < -0.3 is 4.90 Å². The van der Waals surface area contributed by atoms with E-state index in [1.807, 2.05) is 30.3 Å². The number of aryl methyl sites for hydroxylation is 1. The summed E-state index contributed by atoms with van der Waals surface area (Å²) >= 11 is 1.25. The fourth-order valence-electron chi connectivity index (χ4n) is 4.28. The number of thioether (sulfide) groups is 1. The Morgan fingerprint density at radius 3 is 2.59 bits per heavy atom. The number of hydrogen-bond donors (Lipinski definition) is 0. The van der Waals surface area contributed by atoms with Gasteiger partial charge in [-0.1, -0.05) is 54.2 Å². The van der Waals surface area contributed by atoms with E-state index in [0.717, 1.165) is 12.8 Å². The minimum atomic E-state index is -3.09. The molecule has 180 valence electrons. The van der Waals surface area contributed by atoms with E-state index < -0.39 is 15.1 Å². The summed E-state index contributed by atoms with van der Waals surface area (Å²) in [6.07, 6.45) is 2.05. The molecular formula is C25H29N3O4S2. The van der Waals surface area contributed by atoms with Gasteiger partial charge >= 0.3 is 0 Å². The van der Waals surface area contributed by atoms with Crippen molar-refractivity contribution in [1.82, 2.24) is 14.5 Å². The van der Waals surface area contributed by atoms with Gasteiger partial charge in [-0.15, -0.1) is 0 Å². The predicted octanol–water partition coefficient (Wildman–Crippen LogP) is 3.16. The van der Waals surface area contributed by atoms with E-state index in [2.05, 4.69) is 12.1 Å². The Morgan fingerprint density at radius 1 is 1.18 bits per heavy atom. The minimum absolute atomic E-state index is 0.00501. The largest absolute Gasteiger partial charge is 0.341 e. The van der Waals surface area contributed by atoms with Crippen molar-refractivity contribution in [3.05, 3.63) is 70.5 Å². The Hall–Kier alpha value is -2.65. The molecule has 0 bridgehead atoms. The van der Waals surface area contributed by atoms with Gasteiger partial charge in [0.1, 0.15) is 0 Å². The number of hydrogen-bond acceptors (Lipinski definition) is 6. The van der Waals surface area contributed by atoms with Gasteiger partial charge in [-0.2, -0.15) is 0 Å². The second kappa shape index (κ2) is 10.3. The molecule has 1 aliphatic heterocycles. The van der Waals surface area contributed by atoms with E-state index in [0.29, 0.717) is 29.0 Å². The van der Waals surface area contributed by atoms with E-state index in [-0.39, 0.29) is 29.0 Å². The molecule has 7 nitrogen and oxygen atoms in total. The third kappa shape index (κ3) is 5.52. The van der Waals surface area contributed by atoms with Gasteiger partial charge in [0.25, 0.3) is 5.56 Å². The van der Waals surface area contributed by atoms with Crippen molar-refractivity contribution in [1.29, 1.82) is 0 Å². The van der Waals surface area contributed by atoms with Crippen LogP contribution in [-0.2, 0) is 27.6 Å². The maximum absolute atomic E-state index is 13.3. The molecule has 2 atom stereocenters. The van der Waals surface area contributed by atoms with Crippen LogP contribution < -0.4 is 5.56 Å². The molecule has 1 amide bonds. The smallest absolute Gasteiger partial charge is 0.262 e. The molecule has 1 aliphatic rings. The number of amides is 1. The highest BCUT2D eigenvalue weighted by atomic mass is 32.2. The fraction of sp³-hybridized carbons (Fsp3) is 0.400. The van der Waals surface area contributed by atoms with E-state index in [4.69, 9.17) is 4.98 Å². The first kappa shape index (κ1) is 24.5. The Labute approximate surface area is 204 Å². The van der Waals surface area contributed by atoms with Gasteiger partial charge in [-0.25, -0.2) is 13.4 Å². The molecule has 9 heteroatoms. The van der Waals surface area contributed by atoms with Crippen LogP contribution in [0.25, 0.3) is 10.9 Å². The van der Waals surface area contributed by atoms with Gasteiger partial charge in [0.2, 0.25) is 5.91 Å². The topological polar surface area (TPSA) is 89.3 Å². The SMILES string of the molecule is CC(Sc1nc2ccccc2c(=O)n1CCCc1ccccc1)C(=O)N(C)C1CCS(=O)(=O)C1. The van der Waals surface area contributed by atoms with Gasteiger partial charge in [-0.05, 0) is 43.9 Å².